The molecule has 1 aromatic rings. The minimum Gasteiger partial charge on any atom is -0.354 e. The van der Waals surface area contributed by atoms with Crippen LogP contribution >= 0.6 is 0 Å². The minimum absolute atomic E-state index is 0.0102. The van der Waals surface area contributed by atoms with Gasteiger partial charge >= 0.3 is 0 Å². The van der Waals surface area contributed by atoms with Crippen molar-refractivity contribution in [1.82, 2.24) is 20.1 Å². The number of anilines is 1. The third kappa shape index (κ3) is 5.61. The van der Waals surface area contributed by atoms with Crippen LogP contribution in [0.25, 0.3) is 0 Å². The van der Waals surface area contributed by atoms with E-state index in [9.17, 15) is 4.79 Å². The molecule has 7 heteroatoms. The van der Waals surface area contributed by atoms with E-state index >= 15 is 0 Å². The molecule has 1 atom stereocenters. The number of aryl methyl sites for hydroxylation is 1. The van der Waals surface area contributed by atoms with Crippen molar-refractivity contribution in [2.75, 3.05) is 51.7 Å². The van der Waals surface area contributed by atoms with Crippen molar-refractivity contribution < 1.29 is 4.79 Å². The molecule has 1 saturated heterocycles. The van der Waals surface area contributed by atoms with Crippen molar-refractivity contribution in [2.24, 2.45) is 4.99 Å². The molecular weight excluding hydrogens is 328 g/mol. The fourth-order valence-electron chi connectivity index (χ4n) is 2.68. The number of likely N-dealkylation sites (N-methyl/N-ethyl adjacent to an activating group) is 1. The third-order valence-electron chi connectivity index (χ3n) is 4.65. The highest BCUT2D eigenvalue weighted by atomic mass is 16.2. The molecule has 0 aromatic carbocycles. The Labute approximate surface area is 157 Å². The molecule has 1 aliphatic rings. The average molecular weight is 361 g/mol. The van der Waals surface area contributed by atoms with Crippen LogP contribution in [-0.4, -0.2) is 79.5 Å². The topological polar surface area (TPSA) is 64.1 Å². The Kier molecular flexibility index (Phi) is 7.24. The number of carbonyl (C=O) groups excluding carboxylic acids is 1. The summed E-state index contributed by atoms with van der Waals surface area (Å²) < 4.78 is 0. The maximum Gasteiger partial charge on any atom is 0.243 e. The van der Waals surface area contributed by atoms with Crippen molar-refractivity contribution in [3.05, 3.63) is 23.9 Å². The van der Waals surface area contributed by atoms with E-state index in [1.54, 1.807) is 19.0 Å². The van der Waals surface area contributed by atoms with Gasteiger partial charge in [-0.2, -0.15) is 0 Å². The van der Waals surface area contributed by atoms with Crippen LogP contribution in [0.3, 0.4) is 0 Å². The monoisotopic (exact) mass is 360 g/mol. The Morgan fingerprint density at radius 1 is 1.35 bits per heavy atom. The molecule has 0 bridgehead atoms. The molecule has 1 fully saturated rings. The number of piperazine rings is 1. The summed E-state index contributed by atoms with van der Waals surface area (Å²) in [7, 11) is 3.51. The number of nitrogens with zero attached hydrogens (tertiary/aromatic N) is 5. The quantitative estimate of drug-likeness (QED) is 0.634. The molecule has 0 spiro atoms. The molecule has 1 N–H and O–H groups in total. The molecule has 26 heavy (non-hydrogen) atoms. The van der Waals surface area contributed by atoms with Gasteiger partial charge in [0.2, 0.25) is 5.91 Å². The van der Waals surface area contributed by atoms with Gasteiger partial charge < -0.3 is 20.0 Å². The normalized spacial score (nSPS) is 16.4. The zero-order chi connectivity index (χ0) is 19.1. The minimum atomic E-state index is 0.0102. The van der Waals surface area contributed by atoms with Gasteiger partial charge in [0.1, 0.15) is 12.4 Å². The maximum atomic E-state index is 11.9. The second-order valence-electron chi connectivity index (χ2n) is 7.05. The lowest BCUT2D eigenvalue weighted by Gasteiger charge is -2.38. The number of aliphatic imine (C=N–C) groups is 1. The number of carbonyl (C=O) groups is 1. The van der Waals surface area contributed by atoms with Crippen molar-refractivity contribution in [2.45, 2.75) is 33.2 Å². The first-order chi connectivity index (χ1) is 12.4. The number of pyridine rings is 1. The van der Waals surface area contributed by atoms with E-state index in [0.717, 1.165) is 44.4 Å². The first-order valence-electron chi connectivity index (χ1n) is 9.34. The van der Waals surface area contributed by atoms with Crippen LogP contribution < -0.4 is 10.2 Å². The number of hydrogen-bond acceptors (Lipinski definition) is 4. The number of amides is 1. The van der Waals surface area contributed by atoms with Gasteiger partial charge in [-0.05, 0) is 38.0 Å². The molecule has 7 nitrogen and oxygen atoms in total. The van der Waals surface area contributed by atoms with Gasteiger partial charge in [0.25, 0.3) is 0 Å². The van der Waals surface area contributed by atoms with Gasteiger partial charge in [-0.25, -0.2) is 9.98 Å². The second-order valence-corrected chi connectivity index (χ2v) is 7.05. The first kappa shape index (κ1) is 20.0. The summed E-state index contributed by atoms with van der Waals surface area (Å²) in [6.45, 7) is 10.0. The summed E-state index contributed by atoms with van der Waals surface area (Å²) in [6, 6.07) is 4.46. The lowest BCUT2D eigenvalue weighted by molar-refractivity contribution is -0.127. The summed E-state index contributed by atoms with van der Waals surface area (Å²) in [5.74, 6) is 1.86. The van der Waals surface area contributed by atoms with Crippen LogP contribution in [0.15, 0.2) is 23.3 Å². The second kappa shape index (κ2) is 9.40. The third-order valence-corrected chi connectivity index (χ3v) is 4.65. The molecule has 2 heterocycles. The molecule has 0 aliphatic carbocycles. The van der Waals surface area contributed by atoms with E-state index in [4.69, 9.17) is 0 Å². The largest absolute Gasteiger partial charge is 0.354 e. The van der Waals surface area contributed by atoms with E-state index in [1.807, 2.05) is 12.3 Å². The molecule has 1 aliphatic heterocycles. The summed E-state index contributed by atoms with van der Waals surface area (Å²) in [4.78, 5) is 27.1. The van der Waals surface area contributed by atoms with Crippen molar-refractivity contribution in [3.63, 3.8) is 0 Å². The Balaban J connectivity index is 2.02. The van der Waals surface area contributed by atoms with Crippen LogP contribution in [-0.2, 0) is 4.79 Å². The fourth-order valence-corrected chi connectivity index (χ4v) is 2.68. The van der Waals surface area contributed by atoms with E-state index in [2.05, 4.69) is 51.9 Å². The molecule has 144 valence electrons. The smallest absolute Gasteiger partial charge is 0.243 e. The standard InChI is InChI=1S/C19H32N6O/c1-6-16(3)22-19(21-14-18(26)23(4)5)25-11-9-24(10-12-25)17-13-15(2)7-8-20-17/h7-8,13,16H,6,9-12,14H2,1-5H3,(H,21,22). The number of rotatable bonds is 5. The van der Waals surface area contributed by atoms with Gasteiger partial charge in [-0.3, -0.25) is 4.79 Å². The zero-order valence-corrected chi connectivity index (χ0v) is 16.7. The Hall–Kier alpha value is -2.31. The summed E-state index contributed by atoms with van der Waals surface area (Å²) in [5.41, 5.74) is 1.22. The Bertz CT molecular complexity index is 622. The van der Waals surface area contributed by atoms with Gasteiger partial charge in [0.15, 0.2) is 5.96 Å². The van der Waals surface area contributed by atoms with Gasteiger partial charge in [-0.15, -0.1) is 0 Å². The van der Waals surface area contributed by atoms with E-state index in [0.29, 0.717) is 6.04 Å². The van der Waals surface area contributed by atoms with Crippen molar-refractivity contribution in [3.8, 4) is 0 Å². The molecule has 0 saturated carbocycles. The Morgan fingerprint density at radius 3 is 2.62 bits per heavy atom. The Morgan fingerprint density at radius 2 is 2.04 bits per heavy atom. The van der Waals surface area contributed by atoms with E-state index < -0.39 is 0 Å². The molecular formula is C19H32N6O. The highest BCUT2D eigenvalue weighted by molar-refractivity contribution is 5.85. The lowest BCUT2D eigenvalue weighted by Crippen LogP contribution is -2.54. The summed E-state index contributed by atoms with van der Waals surface area (Å²) >= 11 is 0. The number of aromatic nitrogens is 1. The molecule has 1 unspecified atom stereocenters. The first-order valence-corrected chi connectivity index (χ1v) is 9.34. The number of nitrogens with one attached hydrogen (secondary N) is 1. The molecule has 1 aromatic heterocycles. The van der Waals surface area contributed by atoms with Crippen LogP contribution in [0.1, 0.15) is 25.8 Å². The SMILES string of the molecule is CCC(C)NC(=NCC(=O)N(C)C)N1CCN(c2cc(C)ccn2)CC1. The number of guanidine groups is 1. The summed E-state index contributed by atoms with van der Waals surface area (Å²) in [5, 5.41) is 3.47. The zero-order valence-electron chi connectivity index (χ0n) is 16.7. The van der Waals surface area contributed by atoms with Gasteiger partial charge in [0.05, 0.1) is 0 Å². The molecule has 2 rings (SSSR count). The van der Waals surface area contributed by atoms with Gasteiger partial charge in [-0.1, -0.05) is 6.92 Å². The van der Waals surface area contributed by atoms with Crippen LogP contribution in [0.4, 0.5) is 5.82 Å². The van der Waals surface area contributed by atoms with E-state index in [1.165, 1.54) is 5.56 Å². The number of hydrogen-bond donors (Lipinski definition) is 1. The van der Waals surface area contributed by atoms with Crippen LogP contribution in [0.5, 0.6) is 0 Å². The van der Waals surface area contributed by atoms with Gasteiger partial charge in [0, 0.05) is 52.5 Å². The lowest BCUT2D eigenvalue weighted by atomic mass is 10.2. The predicted octanol–water partition coefficient (Wildman–Crippen LogP) is 1.34. The highest BCUT2D eigenvalue weighted by Gasteiger charge is 2.22. The fraction of sp³-hybridized carbons (Fsp3) is 0.632. The predicted molar refractivity (Wildman–Crippen MR) is 107 cm³/mol. The maximum absolute atomic E-state index is 11.9. The van der Waals surface area contributed by atoms with E-state index in [-0.39, 0.29) is 12.5 Å². The van der Waals surface area contributed by atoms with Crippen LogP contribution in [0, 0.1) is 6.92 Å². The van der Waals surface area contributed by atoms with Crippen molar-refractivity contribution in [1.29, 1.82) is 0 Å². The van der Waals surface area contributed by atoms with Crippen molar-refractivity contribution >= 4 is 17.7 Å². The summed E-state index contributed by atoms with van der Waals surface area (Å²) in [6.07, 6.45) is 2.87. The average Bonchev–Trinajstić information content (AvgIpc) is 2.64. The molecule has 0 radical (unpaired) electrons. The molecule has 1 amide bonds. The van der Waals surface area contributed by atoms with Crippen LogP contribution in [0.2, 0.25) is 0 Å². The highest BCUT2D eigenvalue weighted by Crippen LogP contribution is 2.15.